The lowest BCUT2D eigenvalue weighted by molar-refractivity contribution is -0.125. The van der Waals surface area contributed by atoms with E-state index in [0.717, 1.165) is 5.57 Å². The molecule has 0 atom stereocenters. The SMILES string of the molecule is CN(CCN)C(=O)C1=CN=CC1. The molecule has 0 fully saturated rings. The third-order valence-electron chi connectivity index (χ3n) is 1.73. The van der Waals surface area contributed by atoms with E-state index in [1.807, 2.05) is 0 Å². The first-order valence-electron chi connectivity index (χ1n) is 3.92. The molecular weight excluding hydrogens is 154 g/mol. The second-order valence-corrected chi connectivity index (χ2v) is 2.71. The van der Waals surface area contributed by atoms with Gasteiger partial charge in [-0.1, -0.05) is 0 Å². The standard InChI is InChI=1S/C8H13N3O/c1-11(5-3-9)8(12)7-2-4-10-6-7/h4,6H,2-3,5,9H2,1H3. The molecule has 66 valence electrons. The maximum atomic E-state index is 11.5. The molecule has 0 aromatic heterocycles. The van der Waals surface area contributed by atoms with Crippen LogP contribution in [0.5, 0.6) is 0 Å². The van der Waals surface area contributed by atoms with E-state index in [0.29, 0.717) is 19.5 Å². The third-order valence-corrected chi connectivity index (χ3v) is 1.73. The summed E-state index contributed by atoms with van der Waals surface area (Å²) in [5.74, 6) is 0.0259. The van der Waals surface area contributed by atoms with Gasteiger partial charge in [-0.3, -0.25) is 9.79 Å². The minimum atomic E-state index is 0.0259. The molecule has 1 aliphatic rings. The van der Waals surface area contributed by atoms with Crippen LogP contribution >= 0.6 is 0 Å². The molecule has 12 heavy (non-hydrogen) atoms. The van der Waals surface area contributed by atoms with Crippen molar-refractivity contribution in [1.82, 2.24) is 4.90 Å². The number of carbonyl (C=O) groups is 1. The van der Waals surface area contributed by atoms with Gasteiger partial charge in [-0.05, 0) is 0 Å². The summed E-state index contributed by atoms with van der Waals surface area (Å²) < 4.78 is 0. The highest BCUT2D eigenvalue weighted by Crippen LogP contribution is 2.08. The van der Waals surface area contributed by atoms with Crippen LogP contribution in [0.1, 0.15) is 6.42 Å². The molecular formula is C8H13N3O. The number of rotatable bonds is 3. The summed E-state index contributed by atoms with van der Waals surface area (Å²) in [7, 11) is 1.74. The van der Waals surface area contributed by atoms with Gasteiger partial charge in [0, 0.05) is 44.5 Å². The monoisotopic (exact) mass is 167 g/mol. The second kappa shape index (κ2) is 4.01. The first-order chi connectivity index (χ1) is 5.75. The van der Waals surface area contributed by atoms with Crippen LogP contribution in [0.15, 0.2) is 16.8 Å². The van der Waals surface area contributed by atoms with Crippen LogP contribution in [0.2, 0.25) is 0 Å². The molecule has 1 heterocycles. The molecule has 0 aliphatic carbocycles. The Morgan fingerprint density at radius 3 is 3.08 bits per heavy atom. The summed E-state index contributed by atoms with van der Waals surface area (Å²) in [4.78, 5) is 16.9. The minimum absolute atomic E-state index is 0.0259. The van der Waals surface area contributed by atoms with E-state index in [9.17, 15) is 4.79 Å². The maximum absolute atomic E-state index is 11.5. The molecule has 0 radical (unpaired) electrons. The molecule has 1 aliphatic heterocycles. The predicted octanol–water partition coefficient (Wildman–Crippen LogP) is -0.238. The largest absolute Gasteiger partial charge is 0.341 e. The number of carbonyl (C=O) groups excluding carboxylic acids is 1. The zero-order chi connectivity index (χ0) is 8.97. The van der Waals surface area contributed by atoms with Crippen molar-refractivity contribution >= 4 is 12.1 Å². The highest BCUT2D eigenvalue weighted by molar-refractivity contribution is 5.97. The molecule has 2 N–H and O–H groups in total. The Kier molecular flexibility index (Phi) is 2.99. The van der Waals surface area contributed by atoms with Gasteiger partial charge in [0.2, 0.25) is 0 Å². The molecule has 0 saturated heterocycles. The summed E-state index contributed by atoms with van der Waals surface area (Å²) in [5.41, 5.74) is 6.06. The van der Waals surface area contributed by atoms with Crippen molar-refractivity contribution in [2.45, 2.75) is 6.42 Å². The van der Waals surface area contributed by atoms with Crippen molar-refractivity contribution in [1.29, 1.82) is 0 Å². The minimum Gasteiger partial charge on any atom is -0.341 e. The van der Waals surface area contributed by atoms with Crippen molar-refractivity contribution in [2.24, 2.45) is 10.7 Å². The summed E-state index contributed by atoms with van der Waals surface area (Å²) in [6.07, 6.45) is 3.98. The third kappa shape index (κ3) is 1.92. The normalized spacial score (nSPS) is 14.7. The quantitative estimate of drug-likeness (QED) is 0.630. The molecule has 0 bridgehead atoms. The van der Waals surface area contributed by atoms with Gasteiger partial charge in [0.25, 0.3) is 5.91 Å². The van der Waals surface area contributed by atoms with Crippen molar-refractivity contribution in [2.75, 3.05) is 20.1 Å². The smallest absolute Gasteiger partial charge is 0.251 e. The molecule has 0 saturated carbocycles. The van der Waals surface area contributed by atoms with Crippen molar-refractivity contribution in [3.63, 3.8) is 0 Å². The number of amides is 1. The number of hydrogen-bond donors (Lipinski definition) is 1. The summed E-state index contributed by atoms with van der Waals surface area (Å²) in [6.45, 7) is 1.09. The topological polar surface area (TPSA) is 58.7 Å². The molecule has 1 rings (SSSR count). The van der Waals surface area contributed by atoms with Gasteiger partial charge in [0.05, 0.1) is 0 Å². The first kappa shape index (κ1) is 8.93. The second-order valence-electron chi connectivity index (χ2n) is 2.71. The molecule has 0 unspecified atom stereocenters. The molecule has 1 amide bonds. The fraction of sp³-hybridized carbons (Fsp3) is 0.500. The van der Waals surface area contributed by atoms with E-state index in [1.54, 1.807) is 24.4 Å². The Bertz CT molecular complexity index is 232. The van der Waals surface area contributed by atoms with E-state index >= 15 is 0 Å². The zero-order valence-electron chi connectivity index (χ0n) is 7.16. The Hall–Kier alpha value is -1.16. The number of nitrogens with two attached hydrogens (primary N) is 1. The van der Waals surface area contributed by atoms with Gasteiger partial charge in [0.15, 0.2) is 0 Å². The maximum Gasteiger partial charge on any atom is 0.251 e. The van der Waals surface area contributed by atoms with Gasteiger partial charge in [-0.25, -0.2) is 0 Å². The number of likely N-dealkylation sites (N-methyl/N-ethyl adjacent to an activating group) is 1. The first-order valence-corrected chi connectivity index (χ1v) is 3.92. The van der Waals surface area contributed by atoms with E-state index in [4.69, 9.17) is 5.73 Å². The Morgan fingerprint density at radius 1 is 1.83 bits per heavy atom. The van der Waals surface area contributed by atoms with Crippen LogP contribution in [0.4, 0.5) is 0 Å². The average molecular weight is 167 g/mol. The van der Waals surface area contributed by atoms with Crippen molar-refractivity contribution < 1.29 is 4.79 Å². The van der Waals surface area contributed by atoms with E-state index in [1.165, 1.54) is 0 Å². The number of aliphatic imine (C=N–C) groups is 1. The van der Waals surface area contributed by atoms with Crippen LogP contribution in [0.3, 0.4) is 0 Å². The fourth-order valence-electron chi connectivity index (χ4n) is 1.03. The van der Waals surface area contributed by atoms with Gasteiger partial charge >= 0.3 is 0 Å². The van der Waals surface area contributed by atoms with Crippen LogP contribution in [-0.4, -0.2) is 37.2 Å². The summed E-state index contributed by atoms with van der Waals surface area (Å²) in [5, 5.41) is 0. The van der Waals surface area contributed by atoms with Crippen LogP contribution in [-0.2, 0) is 4.79 Å². The van der Waals surface area contributed by atoms with Crippen molar-refractivity contribution in [3.05, 3.63) is 11.8 Å². The number of nitrogens with zero attached hydrogens (tertiary/aromatic N) is 2. The molecule has 0 spiro atoms. The van der Waals surface area contributed by atoms with Gasteiger partial charge < -0.3 is 10.6 Å². The van der Waals surface area contributed by atoms with Gasteiger partial charge in [0.1, 0.15) is 0 Å². The lowest BCUT2D eigenvalue weighted by atomic mass is 10.2. The summed E-state index contributed by atoms with van der Waals surface area (Å²) in [6, 6.07) is 0. The molecule has 0 aromatic rings. The Labute approximate surface area is 71.8 Å². The van der Waals surface area contributed by atoms with E-state index in [2.05, 4.69) is 4.99 Å². The highest BCUT2D eigenvalue weighted by Gasteiger charge is 2.14. The van der Waals surface area contributed by atoms with Crippen LogP contribution < -0.4 is 5.73 Å². The zero-order valence-corrected chi connectivity index (χ0v) is 7.16. The van der Waals surface area contributed by atoms with E-state index in [-0.39, 0.29) is 5.91 Å². The average Bonchev–Trinajstić information content (AvgIpc) is 2.55. The Balaban J connectivity index is 2.47. The van der Waals surface area contributed by atoms with Crippen molar-refractivity contribution in [3.8, 4) is 0 Å². The highest BCUT2D eigenvalue weighted by atomic mass is 16.2. The van der Waals surface area contributed by atoms with Crippen LogP contribution in [0.25, 0.3) is 0 Å². The predicted molar refractivity (Wildman–Crippen MR) is 47.9 cm³/mol. The van der Waals surface area contributed by atoms with Gasteiger partial charge in [-0.15, -0.1) is 0 Å². The summed E-state index contributed by atoms with van der Waals surface area (Å²) >= 11 is 0. The van der Waals surface area contributed by atoms with E-state index < -0.39 is 0 Å². The lowest BCUT2D eigenvalue weighted by Gasteiger charge is -2.15. The Morgan fingerprint density at radius 2 is 2.58 bits per heavy atom. The number of hydrogen-bond acceptors (Lipinski definition) is 3. The molecule has 4 nitrogen and oxygen atoms in total. The fourth-order valence-corrected chi connectivity index (χ4v) is 1.03. The van der Waals surface area contributed by atoms with Crippen LogP contribution in [0, 0.1) is 0 Å². The van der Waals surface area contributed by atoms with Gasteiger partial charge in [-0.2, -0.15) is 0 Å². The molecule has 0 aromatic carbocycles. The molecule has 4 heteroatoms. The lowest BCUT2D eigenvalue weighted by Crippen LogP contribution is -2.32.